The molecule has 8 aromatic carbocycles. The van der Waals surface area contributed by atoms with Gasteiger partial charge in [-0.15, -0.1) is 11.3 Å². The summed E-state index contributed by atoms with van der Waals surface area (Å²) in [6.45, 7) is 0. The second-order valence-corrected chi connectivity index (χ2v) is 14.5. The normalized spacial score (nSPS) is 11.7. The van der Waals surface area contributed by atoms with E-state index in [0.717, 1.165) is 47.7 Å². The zero-order valence-electron chi connectivity index (χ0n) is 28.2. The SMILES string of the molecule is N#Cc1nc(C#N)nc(-c2cccc(-n3c4cc5ccccc5cc4c(=O)c4cc5c(cc43)sc3cc4c6ccccc6c6ccccc6c4cc35)c2)n1. The molecule has 0 radical (unpaired) electrons. The predicted octanol–water partition coefficient (Wildman–Crippen LogP) is 10.7. The Bertz CT molecular complexity index is 3590. The van der Waals surface area contributed by atoms with Crippen LogP contribution in [0.5, 0.6) is 0 Å². The van der Waals surface area contributed by atoms with Gasteiger partial charge in [0.25, 0.3) is 0 Å². The molecule has 0 aliphatic rings. The maximum Gasteiger partial charge on any atom is 0.236 e. The Morgan fingerprint density at radius 1 is 0.481 bits per heavy atom. The third-order valence-corrected chi connectivity index (χ3v) is 11.6. The number of thiophene rings is 1. The fourth-order valence-corrected chi connectivity index (χ4v) is 9.25. The molecule has 7 nitrogen and oxygen atoms in total. The van der Waals surface area contributed by atoms with E-state index in [1.54, 1.807) is 11.3 Å². The Morgan fingerprint density at radius 2 is 1.02 bits per heavy atom. The van der Waals surface area contributed by atoms with Gasteiger partial charge in [0.15, 0.2) is 11.3 Å². The Hall–Kier alpha value is -7.52. The van der Waals surface area contributed by atoms with Gasteiger partial charge in [-0.2, -0.15) is 25.5 Å². The zero-order chi connectivity index (χ0) is 36.1. The van der Waals surface area contributed by atoms with E-state index >= 15 is 0 Å². The first kappa shape index (κ1) is 30.1. The summed E-state index contributed by atoms with van der Waals surface area (Å²) in [7, 11) is 0. The number of rotatable bonds is 2. The summed E-state index contributed by atoms with van der Waals surface area (Å²) in [6.07, 6.45) is 0. The van der Waals surface area contributed by atoms with Crippen molar-refractivity contribution >= 4 is 96.4 Å². The first-order chi connectivity index (χ1) is 26.6. The quantitative estimate of drug-likeness (QED) is 0.131. The van der Waals surface area contributed by atoms with Gasteiger partial charge in [-0.05, 0) is 91.6 Å². The topological polar surface area (TPSA) is 108 Å². The number of aromatic nitrogens is 4. The minimum Gasteiger partial charge on any atom is -0.309 e. The number of hydrogen-bond donors (Lipinski definition) is 0. The van der Waals surface area contributed by atoms with Gasteiger partial charge in [-0.25, -0.2) is 0 Å². The number of pyridine rings is 1. The van der Waals surface area contributed by atoms with Crippen molar-refractivity contribution < 1.29 is 0 Å². The van der Waals surface area contributed by atoms with Crippen molar-refractivity contribution in [3.05, 3.63) is 155 Å². The lowest BCUT2D eigenvalue weighted by Gasteiger charge is -2.17. The van der Waals surface area contributed by atoms with Crippen LogP contribution in [0.15, 0.2) is 138 Å². The molecular formula is C46H22N6OS. The third kappa shape index (κ3) is 4.32. The van der Waals surface area contributed by atoms with Crippen LogP contribution in [0.2, 0.25) is 0 Å². The third-order valence-electron chi connectivity index (χ3n) is 10.5. The van der Waals surface area contributed by atoms with Gasteiger partial charge >= 0.3 is 0 Å². The van der Waals surface area contributed by atoms with Gasteiger partial charge in [0, 0.05) is 42.2 Å². The largest absolute Gasteiger partial charge is 0.309 e. The van der Waals surface area contributed by atoms with Crippen LogP contribution in [0, 0.1) is 22.7 Å². The molecule has 0 fully saturated rings. The van der Waals surface area contributed by atoms with Crippen LogP contribution in [-0.4, -0.2) is 19.5 Å². The van der Waals surface area contributed by atoms with Crippen molar-refractivity contribution in [2.24, 2.45) is 0 Å². The van der Waals surface area contributed by atoms with Crippen LogP contribution in [-0.2, 0) is 0 Å². The van der Waals surface area contributed by atoms with E-state index in [4.69, 9.17) is 0 Å². The standard InChI is InChI=1S/C46H22N6OS/c47-23-43-49-44(24-48)51-46(50-43)27-10-7-11-28(16-27)52-39-18-26-9-2-1-8-25(26)17-37(39)45(53)38-20-36-35-19-33-31-14-5-3-12-29(31)30-13-4-6-15-32(30)34(33)21-41(35)54-42(36)22-40(38)52/h1-22H. The molecule has 11 aromatic rings. The average molecular weight is 707 g/mol. The van der Waals surface area contributed by atoms with Gasteiger partial charge in [-0.1, -0.05) is 84.9 Å². The number of nitriles is 2. The van der Waals surface area contributed by atoms with E-state index in [2.05, 4.69) is 104 Å². The van der Waals surface area contributed by atoms with Crippen molar-refractivity contribution in [2.45, 2.75) is 0 Å². The molecule has 3 aromatic heterocycles. The van der Waals surface area contributed by atoms with E-state index < -0.39 is 0 Å². The van der Waals surface area contributed by atoms with Crippen LogP contribution < -0.4 is 5.43 Å². The molecule has 0 bridgehead atoms. The summed E-state index contributed by atoms with van der Waals surface area (Å²) in [6, 6.07) is 49.6. The second-order valence-electron chi connectivity index (χ2n) is 13.4. The fourth-order valence-electron chi connectivity index (χ4n) is 8.11. The monoisotopic (exact) mass is 706 g/mol. The highest BCUT2D eigenvalue weighted by atomic mass is 32.1. The Labute approximate surface area is 309 Å². The van der Waals surface area contributed by atoms with Crippen molar-refractivity contribution in [3.63, 3.8) is 0 Å². The maximum atomic E-state index is 14.7. The smallest absolute Gasteiger partial charge is 0.236 e. The molecule has 0 aliphatic carbocycles. The molecule has 0 unspecified atom stereocenters. The molecule has 0 amide bonds. The lowest BCUT2D eigenvalue weighted by Crippen LogP contribution is -2.10. The molecule has 11 rings (SSSR count). The molecule has 0 saturated carbocycles. The molecular weight excluding hydrogens is 685 g/mol. The van der Waals surface area contributed by atoms with E-state index in [1.807, 2.05) is 60.7 Å². The first-order valence-corrected chi connectivity index (χ1v) is 18.2. The molecule has 0 spiro atoms. The molecule has 0 aliphatic heterocycles. The minimum absolute atomic E-state index is 0.0357. The van der Waals surface area contributed by atoms with Gasteiger partial charge in [-0.3, -0.25) is 4.79 Å². The molecule has 0 saturated heterocycles. The Kier molecular flexibility index (Phi) is 6.27. The lowest BCUT2D eigenvalue weighted by atomic mass is 9.93. The highest BCUT2D eigenvalue weighted by molar-refractivity contribution is 7.26. The Balaban J connectivity index is 1.25. The van der Waals surface area contributed by atoms with Gasteiger partial charge in [0.05, 0.1) is 11.0 Å². The maximum absolute atomic E-state index is 14.7. The zero-order valence-corrected chi connectivity index (χ0v) is 29.0. The summed E-state index contributed by atoms with van der Waals surface area (Å²) in [4.78, 5) is 27.2. The van der Waals surface area contributed by atoms with E-state index in [0.29, 0.717) is 16.3 Å². The van der Waals surface area contributed by atoms with Crippen LogP contribution in [0.4, 0.5) is 0 Å². The van der Waals surface area contributed by atoms with Crippen molar-refractivity contribution in [2.75, 3.05) is 0 Å². The van der Waals surface area contributed by atoms with Crippen LogP contribution in [0.1, 0.15) is 11.6 Å². The second kappa shape index (κ2) is 11.2. The molecule has 248 valence electrons. The van der Waals surface area contributed by atoms with Gasteiger partial charge < -0.3 is 4.57 Å². The highest BCUT2D eigenvalue weighted by Gasteiger charge is 2.19. The number of benzene rings is 8. The lowest BCUT2D eigenvalue weighted by molar-refractivity contribution is 0.995. The van der Waals surface area contributed by atoms with Crippen LogP contribution in [0.3, 0.4) is 0 Å². The average Bonchev–Trinajstić information content (AvgIpc) is 3.58. The van der Waals surface area contributed by atoms with Crippen molar-refractivity contribution in [3.8, 4) is 29.2 Å². The Morgan fingerprint density at radius 3 is 1.69 bits per heavy atom. The van der Waals surface area contributed by atoms with E-state index in [-0.39, 0.29) is 22.9 Å². The van der Waals surface area contributed by atoms with Crippen molar-refractivity contribution in [1.82, 2.24) is 19.5 Å². The number of nitrogens with zero attached hydrogens (tertiary/aromatic N) is 6. The summed E-state index contributed by atoms with van der Waals surface area (Å²) < 4.78 is 4.35. The van der Waals surface area contributed by atoms with Gasteiger partial charge in [0.2, 0.25) is 11.6 Å². The summed E-state index contributed by atoms with van der Waals surface area (Å²) >= 11 is 1.73. The minimum atomic E-state index is -0.131. The van der Waals surface area contributed by atoms with E-state index in [1.165, 1.54) is 32.3 Å². The van der Waals surface area contributed by atoms with Crippen LogP contribution in [0.25, 0.3) is 102 Å². The molecule has 3 heterocycles. The predicted molar refractivity (Wildman–Crippen MR) is 218 cm³/mol. The van der Waals surface area contributed by atoms with Crippen LogP contribution >= 0.6 is 11.3 Å². The summed E-state index contributed by atoms with van der Waals surface area (Å²) in [5.41, 5.74) is 2.88. The highest BCUT2D eigenvalue weighted by Crippen LogP contribution is 2.43. The number of hydrogen-bond acceptors (Lipinski definition) is 7. The van der Waals surface area contributed by atoms with Gasteiger partial charge in [0.1, 0.15) is 12.1 Å². The molecule has 54 heavy (non-hydrogen) atoms. The number of fused-ring (bicyclic) bond motifs is 12. The molecule has 0 N–H and O–H groups in total. The molecule has 8 heteroatoms. The molecule has 0 atom stereocenters. The summed E-state index contributed by atoms with van der Waals surface area (Å²) in [5.74, 6) is -0.0407. The van der Waals surface area contributed by atoms with Crippen molar-refractivity contribution in [1.29, 1.82) is 10.5 Å². The summed E-state index contributed by atoms with van der Waals surface area (Å²) in [5, 5.41) is 31.7. The van der Waals surface area contributed by atoms with E-state index in [9.17, 15) is 15.3 Å². The fraction of sp³-hybridized carbons (Fsp3) is 0. The first-order valence-electron chi connectivity index (χ1n) is 17.3.